The molecule has 0 bridgehead atoms. The lowest BCUT2D eigenvalue weighted by Crippen LogP contribution is -1.64. The topological polar surface area (TPSA) is 0 Å². The van der Waals surface area contributed by atoms with Crippen molar-refractivity contribution in [2.24, 2.45) is 0 Å². The van der Waals surface area contributed by atoms with E-state index in [1.165, 1.54) is 25.7 Å². The molecule has 1 aliphatic rings. The van der Waals surface area contributed by atoms with E-state index in [-0.39, 0.29) is 0 Å². The van der Waals surface area contributed by atoms with Gasteiger partial charge < -0.3 is 0 Å². The van der Waals surface area contributed by atoms with Crippen LogP contribution in [0.5, 0.6) is 0 Å². The summed E-state index contributed by atoms with van der Waals surface area (Å²) in [5.41, 5.74) is 1.67. The molecule has 0 unspecified atom stereocenters. The Hall–Kier alpha value is -0.260. The lowest BCUT2D eigenvalue weighted by Gasteiger charge is -1.85. The number of hydrogen-bond acceptors (Lipinski definition) is 0. The van der Waals surface area contributed by atoms with E-state index in [2.05, 4.69) is 13.0 Å². The molecule has 0 amide bonds. The quantitative estimate of drug-likeness (QED) is 0.406. The van der Waals surface area contributed by atoms with Crippen molar-refractivity contribution in [3.63, 3.8) is 0 Å². The van der Waals surface area contributed by atoms with Crippen LogP contribution in [0.2, 0.25) is 0 Å². The maximum absolute atomic E-state index is 2.26. The molecule has 7 heavy (non-hydrogen) atoms. The summed E-state index contributed by atoms with van der Waals surface area (Å²) in [6.07, 6.45) is 7.86. The molecule has 0 N–H and O–H groups in total. The van der Waals surface area contributed by atoms with Crippen molar-refractivity contribution in [1.82, 2.24) is 0 Å². The molecule has 0 radical (unpaired) electrons. The molecule has 1 saturated carbocycles. The first-order chi connectivity index (χ1) is 3.43. The van der Waals surface area contributed by atoms with Crippen LogP contribution in [0.15, 0.2) is 11.6 Å². The Kier molecular flexibility index (Phi) is 1.50. The van der Waals surface area contributed by atoms with Crippen LogP contribution in [0.4, 0.5) is 0 Å². The fraction of sp³-hybridized carbons (Fsp3) is 0.714. The average Bonchev–Trinajstić information content (AvgIpc) is 2.14. The van der Waals surface area contributed by atoms with E-state index >= 15 is 0 Å². The molecule has 0 spiro atoms. The van der Waals surface area contributed by atoms with Crippen molar-refractivity contribution in [1.29, 1.82) is 0 Å². The first-order valence-electron chi connectivity index (χ1n) is 3.07. The maximum atomic E-state index is 2.26. The van der Waals surface area contributed by atoms with Crippen molar-refractivity contribution in [2.45, 2.75) is 32.6 Å². The van der Waals surface area contributed by atoms with Gasteiger partial charge in [-0.15, -0.1) is 0 Å². The van der Waals surface area contributed by atoms with E-state index in [1.54, 1.807) is 5.57 Å². The number of allylic oxidation sites excluding steroid dienone is 2. The first kappa shape index (κ1) is 4.89. The summed E-state index contributed by atoms with van der Waals surface area (Å²) >= 11 is 0. The van der Waals surface area contributed by atoms with Crippen molar-refractivity contribution in [2.75, 3.05) is 0 Å². The summed E-state index contributed by atoms with van der Waals surface area (Å²) < 4.78 is 0. The zero-order valence-electron chi connectivity index (χ0n) is 4.91. The molecular formula is C7H12. The average molecular weight is 96.2 g/mol. The zero-order chi connectivity index (χ0) is 5.11. The van der Waals surface area contributed by atoms with E-state index < -0.39 is 0 Å². The third-order valence-corrected chi connectivity index (χ3v) is 1.65. The second-order valence-electron chi connectivity index (χ2n) is 2.15. The van der Waals surface area contributed by atoms with Gasteiger partial charge in [-0.1, -0.05) is 11.6 Å². The molecule has 40 valence electrons. The molecule has 1 rings (SSSR count). The van der Waals surface area contributed by atoms with E-state index in [9.17, 15) is 0 Å². The van der Waals surface area contributed by atoms with Crippen LogP contribution in [0, 0.1) is 0 Å². The molecule has 0 heterocycles. The first-order valence-corrected chi connectivity index (χ1v) is 3.07. The Morgan fingerprint density at radius 2 is 1.86 bits per heavy atom. The molecule has 1 fully saturated rings. The molecule has 0 aliphatic heterocycles. The minimum Gasteiger partial charge on any atom is -0.0885 e. The van der Waals surface area contributed by atoms with Gasteiger partial charge in [0, 0.05) is 0 Å². The third-order valence-electron chi connectivity index (χ3n) is 1.65. The predicted molar refractivity (Wildman–Crippen MR) is 32.2 cm³/mol. The van der Waals surface area contributed by atoms with Gasteiger partial charge in [0.1, 0.15) is 0 Å². The molecular weight excluding hydrogens is 84.1 g/mol. The van der Waals surface area contributed by atoms with Gasteiger partial charge in [-0.3, -0.25) is 0 Å². The Labute approximate surface area is 45.2 Å². The third kappa shape index (κ3) is 1.05. The summed E-state index contributed by atoms with van der Waals surface area (Å²) in [6.45, 7) is 2.14. The smallest absolute Gasteiger partial charge is 0.0320 e. The van der Waals surface area contributed by atoms with Gasteiger partial charge in [0.15, 0.2) is 0 Å². The van der Waals surface area contributed by atoms with Crippen LogP contribution >= 0.6 is 0 Å². The summed E-state index contributed by atoms with van der Waals surface area (Å²) in [5.74, 6) is 0. The molecule has 0 aromatic rings. The predicted octanol–water partition coefficient (Wildman–Crippen LogP) is 2.51. The van der Waals surface area contributed by atoms with Gasteiger partial charge in [0.2, 0.25) is 0 Å². The lowest BCUT2D eigenvalue weighted by molar-refractivity contribution is 0.886. The van der Waals surface area contributed by atoms with Crippen LogP contribution in [-0.4, -0.2) is 0 Å². The Bertz CT molecular complexity index is 72.0. The highest BCUT2D eigenvalue weighted by Gasteiger charge is 2.02. The maximum Gasteiger partial charge on any atom is -0.0320 e. The monoisotopic (exact) mass is 96.1 g/mol. The van der Waals surface area contributed by atoms with Crippen LogP contribution in [-0.2, 0) is 0 Å². The van der Waals surface area contributed by atoms with Crippen LogP contribution in [0.3, 0.4) is 0 Å². The SMILES string of the molecule is CC=C1CCCC1. The van der Waals surface area contributed by atoms with Gasteiger partial charge in [-0.25, -0.2) is 0 Å². The van der Waals surface area contributed by atoms with E-state index in [0.29, 0.717) is 0 Å². The van der Waals surface area contributed by atoms with Gasteiger partial charge in [-0.05, 0) is 32.6 Å². The van der Waals surface area contributed by atoms with E-state index in [4.69, 9.17) is 0 Å². The van der Waals surface area contributed by atoms with Crippen molar-refractivity contribution >= 4 is 0 Å². The molecule has 0 heteroatoms. The minimum absolute atomic E-state index is 1.37. The summed E-state index contributed by atoms with van der Waals surface area (Å²) in [4.78, 5) is 0. The van der Waals surface area contributed by atoms with Crippen LogP contribution < -0.4 is 0 Å². The van der Waals surface area contributed by atoms with E-state index in [0.717, 1.165) is 0 Å². The van der Waals surface area contributed by atoms with Crippen molar-refractivity contribution < 1.29 is 0 Å². The highest BCUT2D eigenvalue weighted by Crippen LogP contribution is 2.22. The van der Waals surface area contributed by atoms with E-state index in [1.807, 2.05) is 0 Å². The fourth-order valence-electron chi connectivity index (χ4n) is 1.12. The number of rotatable bonds is 0. The van der Waals surface area contributed by atoms with Gasteiger partial charge in [-0.2, -0.15) is 0 Å². The highest BCUT2D eigenvalue weighted by molar-refractivity contribution is 5.03. The number of hydrogen-bond donors (Lipinski definition) is 0. The molecule has 0 atom stereocenters. The lowest BCUT2D eigenvalue weighted by atomic mass is 10.2. The Morgan fingerprint density at radius 1 is 1.29 bits per heavy atom. The summed E-state index contributed by atoms with van der Waals surface area (Å²) in [5, 5.41) is 0. The Morgan fingerprint density at radius 3 is 2.14 bits per heavy atom. The van der Waals surface area contributed by atoms with Crippen molar-refractivity contribution in [3.05, 3.63) is 11.6 Å². The Balaban J connectivity index is 2.41. The molecule has 1 aliphatic carbocycles. The van der Waals surface area contributed by atoms with Gasteiger partial charge >= 0.3 is 0 Å². The minimum atomic E-state index is 1.37. The normalized spacial score (nSPS) is 20.4. The fourth-order valence-corrected chi connectivity index (χ4v) is 1.12. The zero-order valence-corrected chi connectivity index (χ0v) is 4.91. The van der Waals surface area contributed by atoms with Crippen LogP contribution in [0.25, 0.3) is 0 Å². The molecule has 0 saturated heterocycles. The highest BCUT2D eigenvalue weighted by atomic mass is 14.1. The van der Waals surface area contributed by atoms with Crippen LogP contribution in [0.1, 0.15) is 32.6 Å². The van der Waals surface area contributed by atoms with Crippen molar-refractivity contribution in [3.8, 4) is 0 Å². The van der Waals surface area contributed by atoms with Gasteiger partial charge in [0.25, 0.3) is 0 Å². The summed E-state index contributed by atoms with van der Waals surface area (Å²) in [6, 6.07) is 0. The molecule has 0 aromatic carbocycles. The molecule has 0 aromatic heterocycles. The largest absolute Gasteiger partial charge is 0.0885 e. The van der Waals surface area contributed by atoms with Gasteiger partial charge in [0.05, 0.1) is 0 Å². The standard InChI is InChI=1S/C7H12/c1-2-7-5-3-4-6-7/h2H,3-6H2,1H3. The summed E-state index contributed by atoms with van der Waals surface area (Å²) in [7, 11) is 0. The second-order valence-corrected chi connectivity index (χ2v) is 2.15. The molecule has 0 nitrogen and oxygen atoms in total. The second kappa shape index (κ2) is 2.15.